The third-order valence-corrected chi connectivity index (χ3v) is 10.5. The van der Waals surface area contributed by atoms with Crippen molar-refractivity contribution in [3.8, 4) is 11.3 Å². The molecule has 0 spiro atoms. The Bertz CT molecular complexity index is 2050. The number of thioether (sulfide) groups is 1. The lowest BCUT2D eigenvalue weighted by Crippen LogP contribution is -2.48. The summed E-state index contributed by atoms with van der Waals surface area (Å²) in [6, 6.07) is 18.4. The maximum absolute atomic E-state index is 6.65. The van der Waals surface area contributed by atoms with Crippen LogP contribution in [0.25, 0.3) is 39.0 Å². The number of furan rings is 1. The van der Waals surface area contributed by atoms with E-state index in [1.807, 2.05) is 12.3 Å². The van der Waals surface area contributed by atoms with Crippen molar-refractivity contribution in [1.82, 2.24) is 9.88 Å². The van der Waals surface area contributed by atoms with Gasteiger partial charge in [0.05, 0.1) is 12.1 Å². The molecule has 0 saturated carbocycles. The zero-order valence-corrected chi connectivity index (χ0v) is 27.4. The summed E-state index contributed by atoms with van der Waals surface area (Å²) in [5.74, 6) is 0.340. The Morgan fingerprint density at radius 3 is 2.64 bits per heavy atom. The number of nitrogens with zero attached hydrogens (tertiary/aromatic N) is 3. The van der Waals surface area contributed by atoms with Gasteiger partial charge < -0.3 is 9.32 Å². The van der Waals surface area contributed by atoms with E-state index in [2.05, 4.69) is 106 Å². The van der Waals surface area contributed by atoms with E-state index < -0.39 is 0 Å². The first-order chi connectivity index (χ1) is 21.2. The highest BCUT2D eigenvalue weighted by atomic mass is 32.2. The van der Waals surface area contributed by atoms with Gasteiger partial charge in [-0.25, -0.2) is 4.98 Å². The van der Waals surface area contributed by atoms with Crippen LogP contribution in [-0.4, -0.2) is 16.9 Å². The van der Waals surface area contributed by atoms with Crippen molar-refractivity contribution in [2.45, 2.75) is 65.8 Å². The molecule has 44 heavy (non-hydrogen) atoms. The molecule has 5 heteroatoms. The number of allylic oxidation sites excluding steroid dienone is 2. The summed E-state index contributed by atoms with van der Waals surface area (Å²) < 4.78 is 9.20. The molecule has 5 heterocycles. The predicted octanol–water partition coefficient (Wildman–Crippen LogP) is 9.85. The molecule has 0 aliphatic carbocycles. The normalized spacial score (nSPS) is 19.3. The number of hydrogen-bond donors (Lipinski definition) is 0. The summed E-state index contributed by atoms with van der Waals surface area (Å²) in [6.45, 7) is 19.7. The third kappa shape index (κ3) is 4.52. The second-order valence-electron chi connectivity index (χ2n) is 12.6. The lowest BCUT2D eigenvalue weighted by molar-refractivity contribution is -0.718. The topological polar surface area (TPSA) is 33.1 Å². The average molecular weight is 599 g/mol. The predicted molar refractivity (Wildman–Crippen MR) is 185 cm³/mol. The molecular weight excluding hydrogens is 559 g/mol. The molecule has 3 aromatic heterocycles. The van der Waals surface area contributed by atoms with Crippen LogP contribution in [0.5, 0.6) is 0 Å². The van der Waals surface area contributed by atoms with Crippen molar-refractivity contribution >= 4 is 39.5 Å². The Hall–Kier alpha value is -4.09. The van der Waals surface area contributed by atoms with Crippen LogP contribution in [0.3, 0.4) is 0 Å². The number of benzene rings is 2. The fourth-order valence-corrected chi connectivity index (χ4v) is 8.01. The maximum atomic E-state index is 6.65. The monoisotopic (exact) mass is 598 g/mol. The molecule has 2 aliphatic heterocycles. The van der Waals surface area contributed by atoms with Crippen LogP contribution >= 0.6 is 11.8 Å². The molecule has 222 valence electrons. The van der Waals surface area contributed by atoms with Crippen molar-refractivity contribution in [2.75, 3.05) is 7.05 Å². The van der Waals surface area contributed by atoms with Gasteiger partial charge in [0.1, 0.15) is 5.58 Å². The largest absolute Gasteiger partial charge is 0.437 e. The fraction of sp³-hybridized carbons (Fsp3) is 0.282. The maximum Gasteiger partial charge on any atom is 0.227 e. The van der Waals surface area contributed by atoms with E-state index in [-0.39, 0.29) is 6.04 Å². The molecule has 0 saturated heterocycles. The van der Waals surface area contributed by atoms with Gasteiger partial charge >= 0.3 is 0 Å². The molecular formula is C39H40N3OS+. The van der Waals surface area contributed by atoms with Crippen molar-refractivity contribution in [1.29, 1.82) is 0 Å². The standard InChI is InChI=1S/C39H40N3OS/c1-9-44-27(7)37-36-28(13-17-31-32-15-11-25(5)40-39(32)43-38(31)36)12-16-30-33-18-22(2)10-14-29(33)34-19-23(3)24(4)21-42(34)35(30)20-26(6)41(37)8/h9-11,13-15,17-19,21,30,35H,1,6,12,16,20H2,2-5,7-8H3/q+1/b37-27+. The SMILES string of the molecule is C=CS/C(C)=C1\c2c(ccc3c2oc2nc(C)ccc23)CCC2c3cc(C)ccc3-c3cc(C)c(C)c[n+]3C2CC(=C)N1C. The smallest absolute Gasteiger partial charge is 0.227 e. The molecule has 0 fully saturated rings. The van der Waals surface area contributed by atoms with E-state index in [0.29, 0.717) is 11.6 Å². The van der Waals surface area contributed by atoms with Crippen LogP contribution in [0.15, 0.2) is 88.3 Å². The molecule has 0 bridgehead atoms. The lowest BCUT2D eigenvalue weighted by atomic mass is 9.76. The minimum absolute atomic E-state index is 0.255. The molecule has 5 aromatic rings. The quantitative estimate of drug-likeness (QED) is 0.189. The summed E-state index contributed by atoms with van der Waals surface area (Å²) in [7, 11) is 2.17. The van der Waals surface area contributed by atoms with Crippen molar-refractivity contribution in [3.63, 3.8) is 0 Å². The van der Waals surface area contributed by atoms with E-state index in [9.17, 15) is 0 Å². The van der Waals surface area contributed by atoms with Gasteiger partial charge in [-0.15, -0.1) is 11.8 Å². The Morgan fingerprint density at radius 2 is 1.84 bits per heavy atom. The highest BCUT2D eigenvalue weighted by molar-refractivity contribution is 8.05. The Kier molecular flexibility index (Phi) is 7.05. The molecule has 7 rings (SSSR count). The number of aryl methyl sites for hydroxylation is 5. The summed E-state index contributed by atoms with van der Waals surface area (Å²) in [5.41, 5.74) is 15.3. The summed E-state index contributed by atoms with van der Waals surface area (Å²) >= 11 is 1.66. The van der Waals surface area contributed by atoms with Gasteiger partial charge in [0.15, 0.2) is 12.2 Å². The van der Waals surface area contributed by atoms with Gasteiger partial charge in [-0.3, -0.25) is 0 Å². The molecule has 4 nitrogen and oxygen atoms in total. The molecule has 2 aromatic carbocycles. The van der Waals surface area contributed by atoms with Crippen LogP contribution in [-0.2, 0) is 6.42 Å². The van der Waals surface area contributed by atoms with E-state index in [1.54, 1.807) is 11.8 Å². The van der Waals surface area contributed by atoms with Crippen molar-refractivity contribution < 1.29 is 8.98 Å². The van der Waals surface area contributed by atoms with Crippen LogP contribution in [0.4, 0.5) is 0 Å². The van der Waals surface area contributed by atoms with Gasteiger partial charge in [0, 0.05) is 62.8 Å². The molecule has 0 amide bonds. The first kappa shape index (κ1) is 28.7. The van der Waals surface area contributed by atoms with Crippen molar-refractivity contribution in [3.05, 3.63) is 123 Å². The minimum Gasteiger partial charge on any atom is -0.437 e. The van der Waals surface area contributed by atoms with E-state index in [4.69, 9.17) is 16.0 Å². The summed E-state index contributed by atoms with van der Waals surface area (Å²) in [6.07, 6.45) is 5.17. The van der Waals surface area contributed by atoms with Gasteiger partial charge in [0.25, 0.3) is 0 Å². The number of pyridine rings is 2. The first-order valence-corrected chi connectivity index (χ1v) is 16.4. The second-order valence-corrected chi connectivity index (χ2v) is 13.8. The van der Waals surface area contributed by atoms with E-state index >= 15 is 0 Å². The van der Waals surface area contributed by atoms with Crippen molar-refractivity contribution in [2.24, 2.45) is 0 Å². The summed E-state index contributed by atoms with van der Waals surface area (Å²) in [4.78, 5) is 8.24. The highest BCUT2D eigenvalue weighted by Gasteiger charge is 2.42. The number of hydrogen-bond acceptors (Lipinski definition) is 4. The van der Waals surface area contributed by atoms with Crippen LogP contribution < -0.4 is 4.57 Å². The number of fused-ring (bicyclic) bond motifs is 11. The fourth-order valence-electron chi connectivity index (χ4n) is 7.41. The molecule has 0 radical (unpaired) electrons. The second kappa shape index (κ2) is 10.8. The Labute approximate surface area is 264 Å². The Morgan fingerprint density at radius 1 is 1.05 bits per heavy atom. The van der Waals surface area contributed by atoms with Gasteiger partial charge in [-0.1, -0.05) is 43.0 Å². The molecule has 2 unspecified atom stereocenters. The first-order valence-electron chi connectivity index (χ1n) is 15.5. The molecule has 0 N–H and O–H groups in total. The molecule has 2 aliphatic rings. The average Bonchev–Trinajstić information content (AvgIpc) is 3.35. The highest BCUT2D eigenvalue weighted by Crippen LogP contribution is 2.47. The number of rotatable bonds is 2. The third-order valence-electron chi connectivity index (χ3n) is 9.83. The lowest BCUT2D eigenvalue weighted by Gasteiger charge is -2.36. The van der Waals surface area contributed by atoms with Crippen LogP contribution in [0.2, 0.25) is 0 Å². The Balaban J connectivity index is 1.49. The molecule has 2 atom stereocenters. The number of aromatic nitrogens is 2. The minimum atomic E-state index is 0.255. The van der Waals surface area contributed by atoms with Gasteiger partial charge in [-0.05, 0) is 87.8 Å². The van der Waals surface area contributed by atoms with Gasteiger partial charge in [-0.2, -0.15) is 4.57 Å². The summed E-state index contributed by atoms with van der Waals surface area (Å²) in [5, 5.41) is 4.06. The zero-order chi connectivity index (χ0) is 30.9. The van der Waals surface area contributed by atoms with Gasteiger partial charge in [0.2, 0.25) is 11.4 Å². The van der Waals surface area contributed by atoms with E-state index in [1.165, 1.54) is 44.0 Å². The van der Waals surface area contributed by atoms with Crippen LogP contribution in [0, 0.1) is 27.7 Å². The van der Waals surface area contributed by atoms with Crippen LogP contribution in [0.1, 0.15) is 70.8 Å². The van der Waals surface area contributed by atoms with E-state index in [0.717, 1.165) is 58.3 Å². The zero-order valence-electron chi connectivity index (χ0n) is 26.6.